The number of hydrogen-bond donors (Lipinski definition) is 1. The van der Waals surface area contributed by atoms with Crippen LogP contribution in [-0.4, -0.2) is 5.78 Å². The van der Waals surface area contributed by atoms with Gasteiger partial charge in [-0.3, -0.25) is 4.79 Å². The molecule has 0 atom stereocenters. The van der Waals surface area contributed by atoms with Crippen LogP contribution in [0.25, 0.3) is 0 Å². The minimum absolute atomic E-state index is 0.171. The van der Waals surface area contributed by atoms with Crippen LogP contribution in [0.4, 0.5) is 10.1 Å². The van der Waals surface area contributed by atoms with Gasteiger partial charge in [0.2, 0.25) is 0 Å². The lowest BCUT2D eigenvalue weighted by molar-refractivity contribution is 0.103. The molecule has 0 aliphatic rings. The van der Waals surface area contributed by atoms with Crippen molar-refractivity contribution < 1.29 is 9.18 Å². The van der Waals surface area contributed by atoms with Gasteiger partial charge in [-0.25, -0.2) is 4.39 Å². The molecule has 0 amide bonds. The quantitative estimate of drug-likeness (QED) is 0.668. The van der Waals surface area contributed by atoms with Gasteiger partial charge in [0.15, 0.2) is 5.78 Å². The number of carbonyl (C=O) groups is 1. The standard InChI is InChI=1S/C15H13ClFNO/c1-8-6-13(16)9(2)5-11(8)15(19)12-7-10(17)3-4-14(12)18/h3-7H,18H2,1-2H3. The molecule has 2 aromatic rings. The van der Waals surface area contributed by atoms with Crippen LogP contribution in [0, 0.1) is 19.7 Å². The van der Waals surface area contributed by atoms with Crippen LogP contribution in [0.2, 0.25) is 5.02 Å². The summed E-state index contributed by atoms with van der Waals surface area (Å²) < 4.78 is 13.2. The summed E-state index contributed by atoms with van der Waals surface area (Å²) in [6.07, 6.45) is 0. The molecule has 98 valence electrons. The van der Waals surface area contributed by atoms with Crippen LogP contribution in [0.5, 0.6) is 0 Å². The minimum atomic E-state index is -0.485. The van der Waals surface area contributed by atoms with E-state index in [1.807, 2.05) is 6.92 Å². The second-order valence-corrected chi connectivity index (χ2v) is 4.88. The minimum Gasteiger partial charge on any atom is -0.398 e. The lowest BCUT2D eigenvalue weighted by Crippen LogP contribution is -2.08. The zero-order valence-electron chi connectivity index (χ0n) is 10.6. The SMILES string of the molecule is Cc1cc(C(=O)c2cc(F)ccc2N)c(C)cc1Cl. The Balaban J connectivity index is 2.56. The van der Waals surface area contributed by atoms with E-state index in [0.29, 0.717) is 10.6 Å². The number of aryl methyl sites for hydroxylation is 2. The molecule has 0 aliphatic carbocycles. The average molecular weight is 278 g/mol. The Morgan fingerprint density at radius 1 is 1.11 bits per heavy atom. The van der Waals surface area contributed by atoms with Crippen LogP contribution in [-0.2, 0) is 0 Å². The Morgan fingerprint density at radius 3 is 2.47 bits per heavy atom. The lowest BCUT2D eigenvalue weighted by atomic mass is 9.96. The number of benzene rings is 2. The van der Waals surface area contributed by atoms with Crippen LogP contribution in [0.3, 0.4) is 0 Å². The summed E-state index contributed by atoms with van der Waals surface area (Å²) in [6.45, 7) is 3.60. The topological polar surface area (TPSA) is 43.1 Å². The van der Waals surface area contributed by atoms with Crippen molar-refractivity contribution in [3.8, 4) is 0 Å². The van der Waals surface area contributed by atoms with Crippen molar-refractivity contribution in [1.29, 1.82) is 0 Å². The first-order valence-electron chi connectivity index (χ1n) is 5.76. The van der Waals surface area contributed by atoms with Gasteiger partial charge in [-0.15, -0.1) is 0 Å². The number of rotatable bonds is 2. The fraction of sp³-hybridized carbons (Fsp3) is 0.133. The Kier molecular flexibility index (Phi) is 3.58. The fourth-order valence-electron chi connectivity index (χ4n) is 1.90. The molecule has 0 unspecified atom stereocenters. The van der Waals surface area contributed by atoms with Crippen LogP contribution in [0.1, 0.15) is 27.0 Å². The van der Waals surface area contributed by atoms with E-state index in [1.165, 1.54) is 12.1 Å². The number of anilines is 1. The Hall–Kier alpha value is -1.87. The average Bonchev–Trinajstić information content (AvgIpc) is 2.36. The van der Waals surface area contributed by atoms with E-state index in [0.717, 1.165) is 17.2 Å². The third-order valence-corrected chi connectivity index (χ3v) is 3.42. The van der Waals surface area contributed by atoms with Crippen molar-refractivity contribution in [2.45, 2.75) is 13.8 Å². The molecule has 2 aromatic carbocycles. The molecule has 0 saturated carbocycles. The van der Waals surface area contributed by atoms with Gasteiger partial charge in [-0.05, 0) is 55.3 Å². The first kappa shape index (κ1) is 13.6. The Morgan fingerprint density at radius 2 is 1.79 bits per heavy atom. The number of hydrogen-bond acceptors (Lipinski definition) is 2. The molecule has 0 aliphatic heterocycles. The molecule has 4 heteroatoms. The summed E-state index contributed by atoms with van der Waals surface area (Å²) >= 11 is 6.00. The highest BCUT2D eigenvalue weighted by molar-refractivity contribution is 6.31. The molecule has 2 rings (SSSR count). The van der Waals surface area contributed by atoms with Crippen LogP contribution >= 0.6 is 11.6 Å². The maximum absolute atomic E-state index is 13.2. The van der Waals surface area contributed by atoms with Gasteiger partial charge >= 0.3 is 0 Å². The molecule has 0 fully saturated rings. The molecule has 19 heavy (non-hydrogen) atoms. The van der Waals surface area contributed by atoms with Gasteiger partial charge in [0, 0.05) is 21.8 Å². The van der Waals surface area contributed by atoms with E-state index < -0.39 is 5.82 Å². The van der Waals surface area contributed by atoms with E-state index in [1.54, 1.807) is 19.1 Å². The molecule has 2 nitrogen and oxygen atoms in total. The van der Waals surface area contributed by atoms with Crippen molar-refractivity contribution >= 4 is 23.1 Å². The molecule has 0 bridgehead atoms. The first-order valence-corrected chi connectivity index (χ1v) is 6.14. The van der Waals surface area contributed by atoms with Gasteiger partial charge in [-0.2, -0.15) is 0 Å². The maximum Gasteiger partial charge on any atom is 0.195 e. The zero-order valence-corrected chi connectivity index (χ0v) is 11.4. The van der Waals surface area contributed by atoms with E-state index in [-0.39, 0.29) is 17.0 Å². The number of ketones is 1. The monoisotopic (exact) mass is 277 g/mol. The highest BCUT2D eigenvalue weighted by Gasteiger charge is 2.16. The zero-order chi connectivity index (χ0) is 14.2. The van der Waals surface area contributed by atoms with E-state index >= 15 is 0 Å². The highest BCUT2D eigenvalue weighted by Crippen LogP contribution is 2.24. The molecule has 2 N–H and O–H groups in total. The van der Waals surface area contributed by atoms with Crippen molar-refractivity contribution in [1.82, 2.24) is 0 Å². The van der Waals surface area contributed by atoms with Crippen LogP contribution in [0.15, 0.2) is 30.3 Å². The van der Waals surface area contributed by atoms with Crippen molar-refractivity contribution in [3.63, 3.8) is 0 Å². The third-order valence-electron chi connectivity index (χ3n) is 3.01. The molecular weight excluding hydrogens is 265 g/mol. The number of nitrogens with two attached hydrogens (primary N) is 1. The van der Waals surface area contributed by atoms with Gasteiger partial charge in [0.05, 0.1) is 0 Å². The van der Waals surface area contributed by atoms with Crippen LogP contribution < -0.4 is 5.73 Å². The second kappa shape index (κ2) is 5.02. The predicted octanol–water partition coefficient (Wildman–Crippen LogP) is 3.91. The second-order valence-electron chi connectivity index (χ2n) is 4.48. The van der Waals surface area contributed by atoms with Crippen molar-refractivity contribution in [2.75, 3.05) is 5.73 Å². The summed E-state index contributed by atoms with van der Waals surface area (Å²) in [4.78, 5) is 12.4. The molecule has 0 saturated heterocycles. The third kappa shape index (κ3) is 2.61. The van der Waals surface area contributed by atoms with E-state index in [9.17, 15) is 9.18 Å². The summed E-state index contributed by atoms with van der Waals surface area (Å²) in [5, 5.41) is 0.598. The Labute approximate surface area is 116 Å². The van der Waals surface area contributed by atoms with E-state index in [2.05, 4.69) is 0 Å². The molecular formula is C15H13ClFNO. The summed E-state index contributed by atoms with van der Waals surface area (Å²) in [7, 11) is 0. The van der Waals surface area contributed by atoms with Crippen molar-refractivity contribution in [3.05, 3.63) is 63.4 Å². The highest BCUT2D eigenvalue weighted by atomic mass is 35.5. The Bertz CT molecular complexity index is 667. The number of nitrogen functional groups attached to an aromatic ring is 1. The van der Waals surface area contributed by atoms with Gasteiger partial charge in [0.25, 0.3) is 0 Å². The number of carbonyl (C=O) groups excluding carboxylic acids is 1. The van der Waals surface area contributed by atoms with Crippen molar-refractivity contribution in [2.24, 2.45) is 0 Å². The maximum atomic E-state index is 13.2. The fourth-order valence-corrected chi connectivity index (χ4v) is 2.11. The van der Waals surface area contributed by atoms with Gasteiger partial charge in [0.1, 0.15) is 5.82 Å². The predicted molar refractivity (Wildman–Crippen MR) is 75.2 cm³/mol. The summed E-state index contributed by atoms with van der Waals surface area (Å²) in [5.74, 6) is -0.782. The molecule has 0 radical (unpaired) electrons. The van der Waals surface area contributed by atoms with Gasteiger partial charge < -0.3 is 5.73 Å². The largest absolute Gasteiger partial charge is 0.398 e. The lowest BCUT2D eigenvalue weighted by Gasteiger charge is -2.10. The summed E-state index contributed by atoms with van der Waals surface area (Å²) in [5.41, 5.74) is 8.19. The summed E-state index contributed by atoms with van der Waals surface area (Å²) in [6, 6.07) is 7.19. The smallest absolute Gasteiger partial charge is 0.195 e. The van der Waals surface area contributed by atoms with Gasteiger partial charge in [-0.1, -0.05) is 11.6 Å². The van der Waals surface area contributed by atoms with E-state index in [4.69, 9.17) is 17.3 Å². The normalized spacial score (nSPS) is 10.5. The molecule has 0 aromatic heterocycles. The molecule has 0 heterocycles. The number of halogens is 2. The molecule has 0 spiro atoms. The first-order chi connectivity index (χ1) is 8.90.